The zero-order chi connectivity index (χ0) is 14.0. The molecule has 0 radical (unpaired) electrons. The Morgan fingerprint density at radius 1 is 1.06 bits per heavy atom. The van der Waals surface area contributed by atoms with Gasteiger partial charge >= 0.3 is 11.9 Å². The molecule has 0 amide bonds. The van der Waals surface area contributed by atoms with Crippen LogP contribution >= 0.6 is 0 Å². The molecule has 0 heterocycles. The number of hydrogen-bond donors (Lipinski definition) is 3. The van der Waals surface area contributed by atoms with Crippen LogP contribution in [-0.2, 0) is 0 Å². The van der Waals surface area contributed by atoms with Crippen LogP contribution < -0.4 is 5.73 Å². The number of carboxylic acid groups (broad SMARTS) is 2. The maximum absolute atomic E-state index is 10.5. The molecule has 0 bridgehead atoms. The lowest BCUT2D eigenvalue weighted by atomic mass is 10.1. The summed E-state index contributed by atoms with van der Waals surface area (Å²) in [6.07, 6.45) is 3.75. The van der Waals surface area contributed by atoms with E-state index in [1.165, 1.54) is 43.5 Å². The minimum atomic E-state index is -1.23. The summed E-state index contributed by atoms with van der Waals surface area (Å²) in [7, 11) is 0. The summed E-state index contributed by atoms with van der Waals surface area (Å²) in [5.74, 6) is -2.46. The molecule has 0 spiro atoms. The number of carbonyl (C=O) groups is 2. The van der Waals surface area contributed by atoms with Crippen molar-refractivity contribution in [3.05, 3.63) is 35.4 Å². The molecule has 0 aliphatic carbocycles. The van der Waals surface area contributed by atoms with Crippen LogP contribution in [0.5, 0.6) is 0 Å². The predicted molar refractivity (Wildman–Crippen MR) is 68.9 cm³/mol. The minimum absolute atomic E-state index is 0.190. The van der Waals surface area contributed by atoms with Gasteiger partial charge in [0.05, 0.1) is 11.1 Å². The molecular weight excluding hydrogens is 234 g/mol. The first kappa shape index (κ1) is 16.1. The molecule has 1 aromatic rings. The van der Waals surface area contributed by atoms with Gasteiger partial charge in [0.25, 0.3) is 0 Å². The monoisotopic (exact) mass is 253 g/mol. The summed E-state index contributed by atoms with van der Waals surface area (Å²) in [4.78, 5) is 20.9. The van der Waals surface area contributed by atoms with E-state index in [1.807, 2.05) is 0 Å². The van der Waals surface area contributed by atoms with Crippen molar-refractivity contribution < 1.29 is 19.8 Å². The fraction of sp³-hybridized carbons (Fsp3) is 0.385. The SMILES string of the molecule is CCCCCN.O=C(O)c1ccccc1C(=O)O. The molecule has 0 atom stereocenters. The molecule has 0 unspecified atom stereocenters. The number of benzene rings is 1. The Balaban J connectivity index is 0.000000411. The third kappa shape index (κ3) is 6.00. The molecule has 1 rings (SSSR count). The first-order valence-electron chi connectivity index (χ1n) is 5.80. The van der Waals surface area contributed by atoms with Gasteiger partial charge < -0.3 is 15.9 Å². The van der Waals surface area contributed by atoms with E-state index in [0.29, 0.717) is 0 Å². The number of nitrogens with two attached hydrogens (primary N) is 1. The van der Waals surface area contributed by atoms with Gasteiger partial charge in [-0.15, -0.1) is 0 Å². The highest BCUT2D eigenvalue weighted by atomic mass is 16.4. The Kier molecular flexibility index (Phi) is 8.22. The highest BCUT2D eigenvalue weighted by molar-refractivity contribution is 6.01. The summed E-state index contributed by atoms with van der Waals surface area (Å²) in [6.45, 7) is 3.03. The quantitative estimate of drug-likeness (QED) is 0.698. The number of aromatic carboxylic acids is 2. The highest BCUT2D eigenvalue weighted by Gasteiger charge is 2.13. The zero-order valence-corrected chi connectivity index (χ0v) is 10.4. The highest BCUT2D eigenvalue weighted by Crippen LogP contribution is 2.07. The second-order valence-corrected chi connectivity index (χ2v) is 3.65. The molecule has 0 aromatic heterocycles. The standard InChI is InChI=1S/C8H6O4.C5H13N/c9-7(10)5-3-1-2-4-6(5)8(11)12;1-2-3-4-5-6/h1-4H,(H,9,10)(H,11,12);2-6H2,1H3. The molecular formula is C13H19NO4. The molecule has 1 aromatic carbocycles. The van der Waals surface area contributed by atoms with Crippen LogP contribution in [0.1, 0.15) is 46.9 Å². The fourth-order valence-electron chi connectivity index (χ4n) is 1.25. The smallest absolute Gasteiger partial charge is 0.336 e. The molecule has 0 fully saturated rings. The molecule has 5 heteroatoms. The predicted octanol–water partition coefficient (Wildman–Crippen LogP) is 2.22. The van der Waals surface area contributed by atoms with Crippen LogP contribution in [0.3, 0.4) is 0 Å². The van der Waals surface area contributed by atoms with Crippen LogP contribution in [0.25, 0.3) is 0 Å². The Morgan fingerprint density at radius 3 is 1.72 bits per heavy atom. The number of unbranched alkanes of at least 4 members (excludes halogenated alkanes) is 2. The molecule has 0 saturated heterocycles. The van der Waals surface area contributed by atoms with Crippen molar-refractivity contribution in [3.63, 3.8) is 0 Å². The largest absolute Gasteiger partial charge is 0.478 e. The summed E-state index contributed by atoms with van der Waals surface area (Å²) in [6, 6.07) is 5.48. The van der Waals surface area contributed by atoms with E-state index in [4.69, 9.17) is 15.9 Å². The number of hydrogen-bond acceptors (Lipinski definition) is 3. The summed E-state index contributed by atoms with van der Waals surface area (Å²) < 4.78 is 0. The van der Waals surface area contributed by atoms with Gasteiger partial charge in [-0.25, -0.2) is 9.59 Å². The second kappa shape index (κ2) is 9.18. The molecule has 4 N–H and O–H groups in total. The van der Waals surface area contributed by atoms with Crippen molar-refractivity contribution in [1.82, 2.24) is 0 Å². The van der Waals surface area contributed by atoms with E-state index in [0.717, 1.165) is 6.54 Å². The average Bonchev–Trinajstić information content (AvgIpc) is 2.37. The zero-order valence-electron chi connectivity index (χ0n) is 10.4. The Morgan fingerprint density at radius 2 is 1.50 bits per heavy atom. The van der Waals surface area contributed by atoms with E-state index in [2.05, 4.69) is 6.92 Å². The Bertz CT molecular complexity index is 353. The minimum Gasteiger partial charge on any atom is -0.478 e. The van der Waals surface area contributed by atoms with Crippen LogP contribution in [0.4, 0.5) is 0 Å². The Hall–Kier alpha value is -1.88. The lowest BCUT2D eigenvalue weighted by Gasteiger charge is -1.98. The van der Waals surface area contributed by atoms with E-state index >= 15 is 0 Å². The number of carboxylic acids is 2. The van der Waals surface area contributed by atoms with Gasteiger partial charge in [-0.1, -0.05) is 31.9 Å². The molecule has 5 nitrogen and oxygen atoms in total. The molecule has 100 valence electrons. The van der Waals surface area contributed by atoms with E-state index in [1.54, 1.807) is 0 Å². The van der Waals surface area contributed by atoms with Gasteiger partial charge in [0, 0.05) is 0 Å². The molecule has 18 heavy (non-hydrogen) atoms. The summed E-state index contributed by atoms with van der Waals surface area (Å²) in [5.41, 5.74) is 4.83. The number of rotatable bonds is 5. The third-order valence-electron chi connectivity index (χ3n) is 2.20. The van der Waals surface area contributed by atoms with Crippen LogP contribution in [0, 0.1) is 0 Å². The van der Waals surface area contributed by atoms with Gasteiger partial charge in [-0.2, -0.15) is 0 Å². The lowest BCUT2D eigenvalue weighted by molar-refractivity contribution is 0.0651. The molecule has 0 saturated carbocycles. The van der Waals surface area contributed by atoms with E-state index < -0.39 is 11.9 Å². The third-order valence-corrected chi connectivity index (χ3v) is 2.20. The average molecular weight is 253 g/mol. The first-order chi connectivity index (χ1) is 8.54. The van der Waals surface area contributed by atoms with Gasteiger partial charge in [-0.3, -0.25) is 0 Å². The van der Waals surface area contributed by atoms with Crippen LogP contribution in [0.15, 0.2) is 24.3 Å². The second-order valence-electron chi connectivity index (χ2n) is 3.65. The van der Waals surface area contributed by atoms with Crippen molar-refractivity contribution in [1.29, 1.82) is 0 Å². The van der Waals surface area contributed by atoms with Gasteiger partial charge in [0.1, 0.15) is 0 Å². The fourth-order valence-corrected chi connectivity index (χ4v) is 1.25. The maximum atomic E-state index is 10.5. The summed E-state index contributed by atoms with van der Waals surface area (Å²) >= 11 is 0. The van der Waals surface area contributed by atoms with Crippen LogP contribution in [0.2, 0.25) is 0 Å². The topological polar surface area (TPSA) is 101 Å². The van der Waals surface area contributed by atoms with Gasteiger partial charge in [-0.05, 0) is 25.1 Å². The first-order valence-corrected chi connectivity index (χ1v) is 5.80. The summed E-state index contributed by atoms with van der Waals surface area (Å²) in [5, 5.41) is 17.1. The Labute approximate surface area is 106 Å². The van der Waals surface area contributed by atoms with Crippen molar-refractivity contribution in [3.8, 4) is 0 Å². The normalized spacial score (nSPS) is 9.22. The van der Waals surface area contributed by atoms with Gasteiger partial charge in [0.15, 0.2) is 0 Å². The van der Waals surface area contributed by atoms with Crippen LogP contribution in [-0.4, -0.2) is 28.7 Å². The molecule has 0 aliphatic heterocycles. The van der Waals surface area contributed by atoms with E-state index in [9.17, 15) is 9.59 Å². The van der Waals surface area contributed by atoms with Crippen molar-refractivity contribution in [2.45, 2.75) is 26.2 Å². The maximum Gasteiger partial charge on any atom is 0.336 e. The van der Waals surface area contributed by atoms with Gasteiger partial charge in [0.2, 0.25) is 0 Å². The lowest BCUT2D eigenvalue weighted by Crippen LogP contribution is -2.06. The van der Waals surface area contributed by atoms with Crippen molar-refractivity contribution >= 4 is 11.9 Å². The van der Waals surface area contributed by atoms with E-state index in [-0.39, 0.29) is 11.1 Å². The van der Waals surface area contributed by atoms with Crippen molar-refractivity contribution in [2.75, 3.05) is 6.54 Å². The van der Waals surface area contributed by atoms with Crippen molar-refractivity contribution in [2.24, 2.45) is 5.73 Å². The molecule has 0 aliphatic rings.